The van der Waals surface area contributed by atoms with Gasteiger partial charge in [-0.15, -0.1) is 0 Å². The van der Waals surface area contributed by atoms with E-state index < -0.39 is 0 Å². The zero-order valence-electron chi connectivity index (χ0n) is 11.1. The molecule has 2 atom stereocenters. The van der Waals surface area contributed by atoms with Crippen molar-refractivity contribution in [1.82, 2.24) is 14.9 Å². The van der Waals surface area contributed by atoms with E-state index in [0.717, 1.165) is 25.2 Å². The first-order valence-electron chi connectivity index (χ1n) is 6.65. The molecule has 0 spiro atoms. The molecule has 2 unspecified atom stereocenters. The van der Waals surface area contributed by atoms with Crippen molar-refractivity contribution >= 4 is 5.97 Å². The molecule has 1 fully saturated rings. The Morgan fingerprint density at radius 3 is 3.11 bits per heavy atom. The highest BCUT2D eigenvalue weighted by atomic mass is 16.5. The molecule has 5 heteroatoms. The van der Waals surface area contributed by atoms with Crippen LogP contribution in [0.15, 0.2) is 12.5 Å². The topological polar surface area (TPSA) is 56.2 Å². The minimum Gasteiger partial charge on any atom is -0.466 e. The Morgan fingerprint density at radius 2 is 2.39 bits per heavy atom. The summed E-state index contributed by atoms with van der Waals surface area (Å²) in [4.78, 5) is 16.1. The van der Waals surface area contributed by atoms with Gasteiger partial charge in [0.1, 0.15) is 0 Å². The van der Waals surface area contributed by atoms with E-state index in [1.807, 2.05) is 19.4 Å². The van der Waals surface area contributed by atoms with Crippen molar-refractivity contribution in [1.29, 1.82) is 0 Å². The Balaban J connectivity index is 2.15. The molecule has 1 aliphatic rings. The molecule has 0 amide bonds. The Morgan fingerprint density at radius 1 is 1.56 bits per heavy atom. The Labute approximate surface area is 108 Å². The molecule has 1 aromatic rings. The van der Waals surface area contributed by atoms with Gasteiger partial charge >= 0.3 is 5.97 Å². The molecular formula is C13H21N3O2. The lowest BCUT2D eigenvalue weighted by Crippen LogP contribution is -2.25. The van der Waals surface area contributed by atoms with Gasteiger partial charge < -0.3 is 14.6 Å². The fourth-order valence-corrected chi connectivity index (χ4v) is 2.55. The maximum Gasteiger partial charge on any atom is 0.310 e. The van der Waals surface area contributed by atoms with E-state index in [0.29, 0.717) is 13.2 Å². The summed E-state index contributed by atoms with van der Waals surface area (Å²) in [5, 5.41) is 3.28. The Kier molecular flexibility index (Phi) is 4.36. The monoisotopic (exact) mass is 251 g/mol. The smallest absolute Gasteiger partial charge is 0.310 e. The number of imidazole rings is 1. The highest BCUT2D eigenvalue weighted by molar-refractivity contribution is 5.74. The van der Waals surface area contributed by atoms with Crippen LogP contribution in [0.1, 0.15) is 31.9 Å². The van der Waals surface area contributed by atoms with Crippen LogP contribution in [-0.4, -0.2) is 35.2 Å². The van der Waals surface area contributed by atoms with Gasteiger partial charge in [-0.25, -0.2) is 4.98 Å². The largest absolute Gasteiger partial charge is 0.466 e. The molecule has 0 bridgehead atoms. The van der Waals surface area contributed by atoms with E-state index >= 15 is 0 Å². The van der Waals surface area contributed by atoms with Gasteiger partial charge in [0.15, 0.2) is 0 Å². The molecule has 2 heterocycles. The van der Waals surface area contributed by atoms with Gasteiger partial charge in [0, 0.05) is 37.4 Å². The number of esters is 1. The number of hydrogen-bond donors (Lipinski definition) is 1. The predicted octanol–water partition coefficient (Wildman–Crippen LogP) is 1.16. The van der Waals surface area contributed by atoms with E-state index in [1.165, 1.54) is 0 Å². The summed E-state index contributed by atoms with van der Waals surface area (Å²) < 4.78 is 7.29. The van der Waals surface area contributed by atoms with Gasteiger partial charge in [-0.3, -0.25) is 4.79 Å². The lowest BCUT2D eigenvalue weighted by Gasteiger charge is -2.18. The number of nitrogens with one attached hydrogen (secondary N) is 1. The number of hydrogen-bond acceptors (Lipinski definition) is 4. The molecule has 2 rings (SSSR count). The number of ether oxygens (including phenoxy) is 1. The van der Waals surface area contributed by atoms with Crippen molar-refractivity contribution in [3.8, 4) is 0 Å². The van der Waals surface area contributed by atoms with E-state index in [1.54, 1.807) is 0 Å². The zero-order chi connectivity index (χ0) is 13.0. The van der Waals surface area contributed by atoms with Gasteiger partial charge in [-0.05, 0) is 13.3 Å². The minimum atomic E-state index is -0.100. The molecule has 0 saturated carbocycles. The average molecular weight is 251 g/mol. The zero-order valence-corrected chi connectivity index (χ0v) is 11.1. The molecule has 5 nitrogen and oxygen atoms in total. The van der Waals surface area contributed by atoms with Crippen LogP contribution in [0.4, 0.5) is 0 Å². The van der Waals surface area contributed by atoms with Crippen molar-refractivity contribution in [2.24, 2.45) is 5.92 Å². The summed E-state index contributed by atoms with van der Waals surface area (Å²) in [6.07, 6.45) is 4.78. The second-order valence-corrected chi connectivity index (χ2v) is 4.64. The first-order chi connectivity index (χ1) is 8.77. The molecule has 0 aromatic carbocycles. The van der Waals surface area contributed by atoms with Crippen LogP contribution in [0.2, 0.25) is 0 Å². The molecule has 1 saturated heterocycles. The number of nitrogens with zero attached hydrogens (tertiary/aromatic N) is 2. The molecule has 1 aromatic heterocycles. The van der Waals surface area contributed by atoms with Crippen LogP contribution in [0.25, 0.3) is 0 Å². The van der Waals surface area contributed by atoms with E-state index in [2.05, 4.69) is 21.8 Å². The summed E-state index contributed by atoms with van der Waals surface area (Å²) >= 11 is 0. The van der Waals surface area contributed by atoms with Gasteiger partial charge in [-0.2, -0.15) is 0 Å². The van der Waals surface area contributed by atoms with Crippen LogP contribution >= 0.6 is 0 Å². The van der Waals surface area contributed by atoms with Crippen LogP contribution in [0, 0.1) is 5.92 Å². The number of carbonyl (C=O) groups excluding carboxylic acids is 1. The summed E-state index contributed by atoms with van der Waals surface area (Å²) in [6.45, 7) is 6.88. The van der Waals surface area contributed by atoms with Gasteiger partial charge in [0.05, 0.1) is 18.9 Å². The number of aryl methyl sites for hydroxylation is 1. The van der Waals surface area contributed by atoms with E-state index in [-0.39, 0.29) is 17.8 Å². The van der Waals surface area contributed by atoms with Crippen LogP contribution in [-0.2, 0) is 16.1 Å². The van der Waals surface area contributed by atoms with Gasteiger partial charge in [0.25, 0.3) is 0 Å². The molecule has 18 heavy (non-hydrogen) atoms. The third-order valence-corrected chi connectivity index (χ3v) is 3.39. The molecular weight excluding hydrogens is 230 g/mol. The van der Waals surface area contributed by atoms with Gasteiger partial charge in [0.2, 0.25) is 0 Å². The third kappa shape index (κ3) is 2.56. The fourth-order valence-electron chi connectivity index (χ4n) is 2.55. The second kappa shape index (κ2) is 6.00. The van der Waals surface area contributed by atoms with Crippen molar-refractivity contribution in [3.05, 3.63) is 18.2 Å². The first kappa shape index (κ1) is 13.1. The number of aromatic nitrogens is 2. The van der Waals surface area contributed by atoms with Crippen molar-refractivity contribution < 1.29 is 9.53 Å². The molecule has 0 aliphatic carbocycles. The highest BCUT2D eigenvalue weighted by Crippen LogP contribution is 2.29. The molecule has 1 aliphatic heterocycles. The van der Waals surface area contributed by atoms with Crippen LogP contribution in [0.5, 0.6) is 0 Å². The quantitative estimate of drug-likeness (QED) is 0.798. The van der Waals surface area contributed by atoms with Crippen LogP contribution in [0.3, 0.4) is 0 Å². The Hall–Kier alpha value is -1.36. The minimum absolute atomic E-state index is 0.0859. The second-order valence-electron chi connectivity index (χ2n) is 4.64. The van der Waals surface area contributed by atoms with E-state index in [9.17, 15) is 4.79 Å². The lowest BCUT2D eigenvalue weighted by molar-refractivity contribution is -0.147. The molecule has 0 radical (unpaired) electrons. The standard InChI is InChI=1S/C13H21N3O2/c1-3-5-16-9-15-8-12(16)10-6-14-7-11(10)13(17)18-4-2/h8-11,14H,3-7H2,1-2H3. The number of carbonyl (C=O) groups is 1. The summed E-state index contributed by atoms with van der Waals surface area (Å²) in [5.74, 6) is -0.00731. The van der Waals surface area contributed by atoms with E-state index in [4.69, 9.17) is 4.74 Å². The SMILES string of the molecule is CCCn1cncc1C1CNCC1C(=O)OCC. The van der Waals surface area contributed by atoms with Crippen molar-refractivity contribution in [2.45, 2.75) is 32.7 Å². The summed E-state index contributed by atoms with van der Waals surface area (Å²) in [5.41, 5.74) is 1.14. The van der Waals surface area contributed by atoms with Gasteiger partial charge in [-0.1, -0.05) is 6.92 Å². The lowest BCUT2D eigenvalue weighted by atomic mass is 9.93. The summed E-state index contributed by atoms with van der Waals surface area (Å²) in [7, 11) is 0. The fraction of sp³-hybridized carbons (Fsp3) is 0.692. The highest BCUT2D eigenvalue weighted by Gasteiger charge is 2.36. The van der Waals surface area contributed by atoms with Crippen molar-refractivity contribution in [3.63, 3.8) is 0 Å². The Bertz CT molecular complexity index is 403. The molecule has 1 N–H and O–H groups in total. The normalized spacial score (nSPS) is 23.2. The number of rotatable bonds is 5. The maximum absolute atomic E-state index is 11.9. The van der Waals surface area contributed by atoms with Crippen LogP contribution < -0.4 is 5.32 Å². The average Bonchev–Trinajstić information content (AvgIpc) is 2.96. The third-order valence-electron chi connectivity index (χ3n) is 3.39. The summed E-state index contributed by atoms with van der Waals surface area (Å²) in [6, 6.07) is 0. The molecule has 100 valence electrons. The predicted molar refractivity (Wildman–Crippen MR) is 68.3 cm³/mol. The van der Waals surface area contributed by atoms with Crippen molar-refractivity contribution in [2.75, 3.05) is 19.7 Å². The first-order valence-corrected chi connectivity index (χ1v) is 6.65. The maximum atomic E-state index is 11.9.